The topological polar surface area (TPSA) is 37.8 Å². The highest BCUT2D eigenvalue weighted by atomic mass is 32.1. The Morgan fingerprint density at radius 1 is 1.41 bits per heavy atom. The summed E-state index contributed by atoms with van der Waals surface area (Å²) in [6.07, 6.45) is 3.61. The Bertz CT molecular complexity index is 526. The maximum absolute atomic E-state index is 4.76. The smallest absolute Gasteiger partial charge is 0.182 e. The van der Waals surface area contributed by atoms with E-state index in [1.54, 1.807) is 11.3 Å². The van der Waals surface area contributed by atoms with E-state index in [0.29, 0.717) is 5.92 Å². The number of hydrogen-bond acceptors (Lipinski definition) is 5. The van der Waals surface area contributed by atoms with Gasteiger partial charge in [-0.15, -0.1) is 22.7 Å². The summed E-state index contributed by atoms with van der Waals surface area (Å²) >= 11 is 3.47. The maximum Gasteiger partial charge on any atom is 0.182 e. The van der Waals surface area contributed by atoms with Crippen LogP contribution in [0.4, 0.5) is 5.13 Å². The van der Waals surface area contributed by atoms with Crippen LogP contribution in [0.3, 0.4) is 0 Å². The quantitative estimate of drug-likeness (QED) is 0.915. The molecule has 0 aliphatic heterocycles. The number of thiazole rings is 2. The van der Waals surface area contributed by atoms with Crippen LogP contribution in [-0.2, 0) is 6.42 Å². The molecule has 3 nitrogen and oxygen atoms in total. The predicted octanol–water partition coefficient (Wildman–Crippen LogP) is 3.75. The van der Waals surface area contributed by atoms with Gasteiger partial charge in [0.05, 0.1) is 21.3 Å². The lowest BCUT2D eigenvalue weighted by molar-refractivity contribution is 0.994. The van der Waals surface area contributed by atoms with Gasteiger partial charge in [0.1, 0.15) is 0 Å². The first-order valence-electron chi connectivity index (χ1n) is 5.95. The van der Waals surface area contributed by atoms with E-state index in [9.17, 15) is 0 Å². The Balaban J connectivity index is 2.02. The van der Waals surface area contributed by atoms with Gasteiger partial charge in [-0.05, 0) is 19.3 Å². The molecule has 0 unspecified atom stereocenters. The minimum Gasteiger partial charge on any atom is -0.365 e. The second-order valence-electron chi connectivity index (χ2n) is 4.24. The SMILES string of the molecule is CCc1nc(C2CC2)c(-c2csc(NC)n2)s1. The van der Waals surface area contributed by atoms with Crippen molar-refractivity contribution in [3.8, 4) is 10.6 Å². The van der Waals surface area contributed by atoms with Gasteiger partial charge >= 0.3 is 0 Å². The molecule has 1 fully saturated rings. The molecule has 2 aromatic heterocycles. The molecule has 0 bridgehead atoms. The predicted molar refractivity (Wildman–Crippen MR) is 74.1 cm³/mol. The normalized spacial score (nSPS) is 15.2. The highest BCUT2D eigenvalue weighted by Gasteiger charge is 2.30. The standard InChI is InChI=1S/C12H15N3S2/c1-3-9-15-10(7-4-5-7)11(17-9)8-6-16-12(13-2)14-8/h6-7H,3-5H2,1-2H3,(H,13,14). The third-order valence-electron chi connectivity index (χ3n) is 2.91. The molecule has 5 heteroatoms. The minimum atomic E-state index is 0.696. The molecule has 1 saturated carbocycles. The summed E-state index contributed by atoms with van der Waals surface area (Å²) in [6, 6.07) is 0. The zero-order valence-corrected chi connectivity index (χ0v) is 11.6. The van der Waals surface area contributed by atoms with Crippen molar-refractivity contribution in [1.29, 1.82) is 0 Å². The lowest BCUT2D eigenvalue weighted by atomic mass is 10.2. The first-order valence-corrected chi connectivity index (χ1v) is 7.64. The molecule has 0 spiro atoms. The fraction of sp³-hybridized carbons (Fsp3) is 0.500. The average Bonchev–Trinajstić information content (AvgIpc) is 2.95. The molecular formula is C12H15N3S2. The molecule has 0 aromatic carbocycles. The van der Waals surface area contributed by atoms with Gasteiger partial charge in [0.15, 0.2) is 5.13 Å². The van der Waals surface area contributed by atoms with Gasteiger partial charge in [0, 0.05) is 18.3 Å². The van der Waals surface area contributed by atoms with Gasteiger partial charge in [-0.1, -0.05) is 6.92 Å². The molecule has 0 atom stereocenters. The second-order valence-corrected chi connectivity index (χ2v) is 6.18. The molecule has 90 valence electrons. The fourth-order valence-corrected chi connectivity index (χ4v) is 3.63. The van der Waals surface area contributed by atoms with Crippen LogP contribution < -0.4 is 5.32 Å². The van der Waals surface area contributed by atoms with Gasteiger partial charge in [0.2, 0.25) is 0 Å². The van der Waals surface area contributed by atoms with Gasteiger partial charge in [-0.3, -0.25) is 0 Å². The van der Waals surface area contributed by atoms with Crippen molar-refractivity contribution < 1.29 is 0 Å². The second kappa shape index (κ2) is 4.38. The Labute approximate surface area is 109 Å². The van der Waals surface area contributed by atoms with Crippen LogP contribution in [0.5, 0.6) is 0 Å². The number of hydrogen-bond donors (Lipinski definition) is 1. The maximum atomic E-state index is 4.76. The van der Waals surface area contributed by atoms with Crippen LogP contribution in [0.15, 0.2) is 5.38 Å². The number of rotatable bonds is 4. The van der Waals surface area contributed by atoms with Crippen molar-refractivity contribution in [3.63, 3.8) is 0 Å². The van der Waals surface area contributed by atoms with Crippen molar-refractivity contribution in [3.05, 3.63) is 16.1 Å². The van der Waals surface area contributed by atoms with Crippen LogP contribution in [0.2, 0.25) is 0 Å². The van der Waals surface area contributed by atoms with E-state index in [2.05, 4.69) is 22.6 Å². The summed E-state index contributed by atoms with van der Waals surface area (Å²) in [6.45, 7) is 2.17. The first kappa shape index (κ1) is 11.2. The molecule has 3 rings (SSSR count). The van der Waals surface area contributed by atoms with E-state index < -0.39 is 0 Å². The van der Waals surface area contributed by atoms with Crippen LogP contribution in [0.25, 0.3) is 10.6 Å². The van der Waals surface area contributed by atoms with Crippen LogP contribution in [-0.4, -0.2) is 17.0 Å². The molecule has 17 heavy (non-hydrogen) atoms. The van der Waals surface area contributed by atoms with Gasteiger partial charge < -0.3 is 5.32 Å². The lowest BCUT2D eigenvalue weighted by Crippen LogP contribution is -1.87. The van der Waals surface area contributed by atoms with Crippen molar-refractivity contribution in [2.24, 2.45) is 0 Å². The molecule has 0 saturated heterocycles. The Kier molecular flexibility index (Phi) is 2.88. The molecule has 1 N–H and O–H groups in total. The number of aryl methyl sites for hydroxylation is 1. The average molecular weight is 265 g/mol. The molecule has 0 radical (unpaired) electrons. The van der Waals surface area contributed by atoms with Gasteiger partial charge in [0.25, 0.3) is 0 Å². The zero-order chi connectivity index (χ0) is 11.8. The highest BCUT2D eigenvalue weighted by molar-refractivity contribution is 7.16. The van der Waals surface area contributed by atoms with Crippen molar-refractivity contribution in [1.82, 2.24) is 9.97 Å². The molecular weight excluding hydrogens is 250 g/mol. The number of anilines is 1. The molecule has 2 aromatic rings. The van der Waals surface area contributed by atoms with E-state index in [4.69, 9.17) is 4.98 Å². The Morgan fingerprint density at radius 2 is 2.24 bits per heavy atom. The highest BCUT2D eigenvalue weighted by Crippen LogP contribution is 2.46. The Hall–Kier alpha value is -0.940. The van der Waals surface area contributed by atoms with E-state index in [-0.39, 0.29) is 0 Å². The molecule has 1 aliphatic rings. The first-order chi connectivity index (χ1) is 8.31. The summed E-state index contributed by atoms with van der Waals surface area (Å²) in [5.41, 5.74) is 2.39. The number of aromatic nitrogens is 2. The van der Waals surface area contributed by atoms with Gasteiger partial charge in [-0.2, -0.15) is 0 Å². The van der Waals surface area contributed by atoms with Crippen LogP contribution >= 0.6 is 22.7 Å². The van der Waals surface area contributed by atoms with Crippen LogP contribution in [0.1, 0.15) is 36.4 Å². The minimum absolute atomic E-state index is 0.696. The molecule has 1 aliphatic carbocycles. The van der Waals surface area contributed by atoms with Gasteiger partial charge in [-0.25, -0.2) is 9.97 Å². The third-order valence-corrected chi connectivity index (χ3v) is 5.01. The third kappa shape index (κ3) is 2.09. The van der Waals surface area contributed by atoms with E-state index >= 15 is 0 Å². The lowest BCUT2D eigenvalue weighted by Gasteiger charge is -1.95. The molecule has 2 heterocycles. The summed E-state index contributed by atoms with van der Waals surface area (Å²) in [4.78, 5) is 10.7. The van der Waals surface area contributed by atoms with E-state index in [1.807, 2.05) is 18.4 Å². The zero-order valence-electron chi connectivity index (χ0n) is 9.99. The van der Waals surface area contributed by atoms with Crippen molar-refractivity contribution in [2.75, 3.05) is 12.4 Å². The number of nitrogens with zero attached hydrogens (tertiary/aromatic N) is 2. The van der Waals surface area contributed by atoms with E-state index in [1.165, 1.54) is 28.4 Å². The largest absolute Gasteiger partial charge is 0.365 e. The van der Waals surface area contributed by atoms with Crippen LogP contribution in [0, 0.1) is 0 Å². The summed E-state index contributed by atoms with van der Waals surface area (Å²) in [7, 11) is 1.91. The fourth-order valence-electron chi connectivity index (χ4n) is 1.84. The monoisotopic (exact) mass is 265 g/mol. The number of nitrogens with one attached hydrogen (secondary N) is 1. The summed E-state index contributed by atoms with van der Waals surface area (Å²) in [5.74, 6) is 0.696. The van der Waals surface area contributed by atoms with Crippen molar-refractivity contribution >= 4 is 27.8 Å². The summed E-state index contributed by atoms with van der Waals surface area (Å²) < 4.78 is 0. The van der Waals surface area contributed by atoms with E-state index in [0.717, 1.165) is 17.2 Å². The Morgan fingerprint density at radius 3 is 2.82 bits per heavy atom. The van der Waals surface area contributed by atoms with Crippen molar-refractivity contribution in [2.45, 2.75) is 32.1 Å². The molecule has 0 amide bonds. The summed E-state index contributed by atoms with van der Waals surface area (Å²) in [5, 5.41) is 7.44.